The summed E-state index contributed by atoms with van der Waals surface area (Å²) >= 11 is 0. The van der Waals surface area contributed by atoms with Crippen molar-refractivity contribution in [3.8, 4) is 0 Å². The van der Waals surface area contributed by atoms with Gasteiger partial charge in [0.1, 0.15) is 12.2 Å². The number of rotatable bonds is 1. The van der Waals surface area contributed by atoms with E-state index in [4.69, 9.17) is 4.43 Å². The van der Waals surface area contributed by atoms with E-state index >= 15 is 0 Å². The van der Waals surface area contributed by atoms with E-state index in [0.717, 1.165) is 17.6 Å². The molecule has 0 spiro atoms. The number of hydrogen-bond donors (Lipinski definition) is 0. The molecule has 0 N–H and O–H groups in total. The highest BCUT2D eigenvalue weighted by Gasteiger charge is 2.40. The molecule has 1 heterocycles. The summed E-state index contributed by atoms with van der Waals surface area (Å²) in [6.45, 7) is 6.63. The van der Waals surface area contributed by atoms with E-state index in [1.165, 1.54) is 11.9 Å². The van der Waals surface area contributed by atoms with Crippen molar-refractivity contribution in [1.82, 2.24) is 4.48 Å². The second-order valence-corrected chi connectivity index (χ2v) is 9.35. The molecule has 82 valence electrons. The molecule has 0 radical (unpaired) electrons. The van der Waals surface area contributed by atoms with Gasteiger partial charge in [-0.1, -0.05) is 18.2 Å². The van der Waals surface area contributed by atoms with Gasteiger partial charge >= 0.3 is 0 Å². The van der Waals surface area contributed by atoms with Crippen LogP contribution in [0.3, 0.4) is 0 Å². The van der Waals surface area contributed by atoms with Crippen LogP contribution in [0.5, 0.6) is 0 Å². The molecule has 1 aliphatic rings. The summed E-state index contributed by atoms with van der Waals surface area (Å²) in [7, 11) is 0.890. The Bertz CT molecular complexity index is 339. The van der Waals surface area contributed by atoms with Crippen molar-refractivity contribution >= 4 is 14.0 Å². The van der Waals surface area contributed by atoms with Crippen LogP contribution in [0, 0.1) is 0 Å². The van der Waals surface area contributed by atoms with Gasteiger partial charge in [0.15, 0.2) is 0 Å². The maximum Gasteiger partial charge on any atom is 0.245 e. The predicted octanol–water partition coefficient (Wildman–Crippen LogP) is 2.40. The molecule has 0 aromatic heterocycles. The molecule has 2 nitrogen and oxygen atoms in total. The molecule has 2 rings (SSSR count). The zero-order valence-electron chi connectivity index (χ0n) is 9.86. The maximum absolute atomic E-state index is 5.91. The highest BCUT2D eigenvalue weighted by atomic mass is 28.4. The minimum absolute atomic E-state index is 0.907. The van der Waals surface area contributed by atoms with Crippen molar-refractivity contribution in [3.05, 3.63) is 30.3 Å². The van der Waals surface area contributed by atoms with Crippen LogP contribution in [-0.2, 0) is 4.43 Å². The summed E-state index contributed by atoms with van der Waals surface area (Å²) in [5, 5.41) is 0. The third-order valence-corrected chi connectivity index (χ3v) is 5.63. The quantitative estimate of drug-likeness (QED) is 0.524. The van der Waals surface area contributed by atoms with Crippen LogP contribution < -0.4 is 4.48 Å². The third kappa shape index (κ3) is 2.30. The SMILES string of the molecule is C[N+]1(c2ccccc2)CCO[Si](C)(C)C1. The lowest BCUT2D eigenvalue weighted by Gasteiger charge is -2.43. The molecule has 1 aromatic carbocycles. The van der Waals surface area contributed by atoms with Crippen LogP contribution in [0.1, 0.15) is 0 Å². The molecule has 1 atom stereocenters. The van der Waals surface area contributed by atoms with Crippen LogP contribution in [-0.4, -0.2) is 34.7 Å². The first-order valence-electron chi connectivity index (χ1n) is 5.56. The second kappa shape index (κ2) is 3.74. The lowest BCUT2D eigenvalue weighted by molar-refractivity contribution is 0.197. The highest BCUT2D eigenvalue weighted by molar-refractivity contribution is 6.71. The van der Waals surface area contributed by atoms with Crippen molar-refractivity contribution in [2.24, 2.45) is 0 Å². The van der Waals surface area contributed by atoms with E-state index in [2.05, 4.69) is 50.5 Å². The fourth-order valence-electron chi connectivity index (χ4n) is 2.50. The Morgan fingerprint density at radius 2 is 1.87 bits per heavy atom. The van der Waals surface area contributed by atoms with Crippen LogP contribution in [0.4, 0.5) is 5.69 Å². The standard InChI is InChI=1S/C12H20NOSi/c1-13(12-7-5-4-6-8-12)9-10-14-15(2,3)11-13/h4-8H,9-11H2,1-3H3/q+1. The molecule has 15 heavy (non-hydrogen) atoms. The average molecular weight is 222 g/mol. The van der Waals surface area contributed by atoms with Gasteiger partial charge in [-0.25, -0.2) is 0 Å². The largest absolute Gasteiger partial charge is 0.405 e. The van der Waals surface area contributed by atoms with Gasteiger partial charge in [0.05, 0.1) is 19.8 Å². The van der Waals surface area contributed by atoms with Crippen molar-refractivity contribution in [1.29, 1.82) is 0 Å². The molecule has 1 saturated heterocycles. The van der Waals surface area contributed by atoms with E-state index in [0.29, 0.717) is 0 Å². The predicted molar refractivity (Wildman–Crippen MR) is 67.3 cm³/mol. The lowest BCUT2D eigenvalue weighted by atomic mass is 10.2. The van der Waals surface area contributed by atoms with Gasteiger partial charge in [-0.05, 0) is 25.2 Å². The summed E-state index contributed by atoms with van der Waals surface area (Å²) in [5.41, 5.74) is 1.42. The van der Waals surface area contributed by atoms with Crippen LogP contribution >= 0.6 is 0 Å². The fourth-order valence-corrected chi connectivity index (χ4v) is 5.25. The number of para-hydroxylation sites is 1. The summed E-state index contributed by atoms with van der Waals surface area (Å²) in [6.07, 6.45) is 1.18. The second-order valence-electron chi connectivity index (χ2n) is 5.22. The average Bonchev–Trinajstić information content (AvgIpc) is 2.17. The van der Waals surface area contributed by atoms with Crippen LogP contribution in [0.2, 0.25) is 13.1 Å². The Balaban J connectivity index is 2.27. The summed E-state index contributed by atoms with van der Waals surface area (Å²) < 4.78 is 6.95. The molecule has 1 aromatic rings. The minimum atomic E-state index is -1.44. The number of hydrogen-bond acceptors (Lipinski definition) is 1. The molecule has 0 saturated carbocycles. The number of quaternary nitrogens is 1. The van der Waals surface area contributed by atoms with Gasteiger partial charge in [-0.15, -0.1) is 0 Å². The van der Waals surface area contributed by atoms with E-state index in [9.17, 15) is 0 Å². The summed E-state index contributed by atoms with van der Waals surface area (Å²) in [5.74, 6) is 0. The van der Waals surface area contributed by atoms with Crippen molar-refractivity contribution in [2.75, 3.05) is 26.4 Å². The molecule has 0 aliphatic carbocycles. The molecular formula is C12H20NOSi+. The Morgan fingerprint density at radius 3 is 2.47 bits per heavy atom. The first-order valence-corrected chi connectivity index (χ1v) is 8.68. The van der Waals surface area contributed by atoms with E-state index in [-0.39, 0.29) is 0 Å². The smallest absolute Gasteiger partial charge is 0.245 e. The van der Waals surface area contributed by atoms with Crippen LogP contribution in [0.15, 0.2) is 30.3 Å². The molecule has 3 heteroatoms. The zero-order valence-corrected chi connectivity index (χ0v) is 10.9. The van der Waals surface area contributed by atoms with Crippen molar-refractivity contribution < 1.29 is 4.43 Å². The van der Waals surface area contributed by atoms with Gasteiger partial charge in [-0.2, -0.15) is 0 Å². The highest BCUT2D eigenvalue weighted by Crippen LogP contribution is 2.26. The number of likely N-dealkylation sites (N-methyl/N-ethyl adjacent to an activating group) is 1. The van der Waals surface area contributed by atoms with E-state index < -0.39 is 8.32 Å². The molecule has 1 unspecified atom stereocenters. The van der Waals surface area contributed by atoms with E-state index in [1.54, 1.807) is 0 Å². The van der Waals surface area contributed by atoms with Gasteiger partial charge in [0.25, 0.3) is 0 Å². The summed E-state index contributed by atoms with van der Waals surface area (Å²) in [6, 6.07) is 10.8. The third-order valence-electron chi connectivity index (χ3n) is 3.19. The lowest BCUT2D eigenvalue weighted by Crippen LogP contribution is -2.62. The topological polar surface area (TPSA) is 9.23 Å². The first kappa shape index (κ1) is 10.9. The molecule has 1 fully saturated rings. The van der Waals surface area contributed by atoms with Crippen LogP contribution in [0.25, 0.3) is 0 Å². The summed E-state index contributed by atoms with van der Waals surface area (Å²) in [4.78, 5) is 0. The first-order chi connectivity index (χ1) is 7.02. The van der Waals surface area contributed by atoms with Gasteiger partial charge in [-0.3, -0.25) is 4.48 Å². The number of benzene rings is 1. The number of nitrogens with zero attached hydrogens (tertiary/aromatic N) is 1. The molecular weight excluding hydrogens is 202 g/mol. The van der Waals surface area contributed by atoms with Gasteiger partial charge < -0.3 is 4.43 Å². The fraction of sp³-hybridized carbons (Fsp3) is 0.500. The Kier molecular flexibility index (Phi) is 2.71. The molecule has 0 bridgehead atoms. The Morgan fingerprint density at radius 1 is 1.20 bits per heavy atom. The molecule has 0 amide bonds. The normalized spacial score (nSPS) is 30.1. The minimum Gasteiger partial charge on any atom is -0.405 e. The zero-order chi connectivity index (χ0) is 10.9. The van der Waals surface area contributed by atoms with Crippen molar-refractivity contribution in [3.63, 3.8) is 0 Å². The maximum atomic E-state index is 5.91. The van der Waals surface area contributed by atoms with Gasteiger partial charge in [0, 0.05) is 0 Å². The van der Waals surface area contributed by atoms with Crippen molar-refractivity contribution in [2.45, 2.75) is 13.1 Å². The Hall–Kier alpha value is -0.643. The molecule has 1 aliphatic heterocycles. The van der Waals surface area contributed by atoms with Gasteiger partial charge in [0.2, 0.25) is 8.32 Å². The van der Waals surface area contributed by atoms with E-state index in [1.807, 2.05) is 0 Å². The monoisotopic (exact) mass is 222 g/mol. The Labute approximate surface area is 93.2 Å².